The molecule has 0 saturated heterocycles. The van der Waals surface area contributed by atoms with Crippen LogP contribution in [0.2, 0.25) is 10.0 Å². The Morgan fingerprint density at radius 2 is 1.78 bits per heavy atom. The zero-order valence-electron chi connectivity index (χ0n) is 9.62. The molecule has 0 radical (unpaired) electrons. The van der Waals surface area contributed by atoms with Gasteiger partial charge in [0, 0.05) is 15.5 Å². The SMILES string of the molecule is NC(C(=O)O)C12CC(c3c(Cl)cccc3Cl)(C1)C2. The van der Waals surface area contributed by atoms with E-state index in [1.807, 2.05) is 18.2 Å². The summed E-state index contributed by atoms with van der Waals surface area (Å²) in [5.74, 6) is -0.923. The third-order valence-electron chi connectivity index (χ3n) is 4.49. The molecule has 96 valence electrons. The third-order valence-corrected chi connectivity index (χ3v) is 5.12. The highest BCUT2D eigenvalue weighted by atomic mass is 35.5. The maximum absolute atomic E-state index is 11.0. The molecule has 3 saturated carbocycles. The Hall–Kier alpha value is -0.770. The van der Waals surface area contributed by atoms with Crippen molar-refractivity contribution in [1.29, 1.82) is 0 Å². The van der Waals surface area contributed by atoms with Gasteiger partial charge >= 0.3 is 5.97 Å². The van der Waals surface area contributed by atoms with Gasteiger partial charge in [0.05, 0.1) is 0 Å². The number of hydrogen-bond donors (Lipinski definition) is 2. The van der Waals surface area contributed by atoms with E-state index in [1.54, 1.807) is 0 Å². The van der Waals surface area contributed by atoms with E-state index in [9.17, 15) is 4.79 Å². The Bertz CT molecular complexity index is 504. The molecule has 3 fully saturated rings. The van der Waals surface area contributed by atoms with E-state index in [0.717, 1.165) is 24.8 Å². The zero-order valence-corrected chi connectivity index (χ0v) is 11.1. The fourth-order valence-electron chi connectivity index (χ4n) is 3.73. The average molecular weight is 286 g/mol. The van der Waals surface area contributed by atoms with Crippen molar-refractivity contribution in [2.75, 3.05) is 0 Å². The number of carboxylic acid groups (broad SMARTS) is 1. The Balaban J connectivity index is 1.87. The first kappa shape index (κ1) is 12.3. The van der Waals surface area contributed by atoms with Crippen molar-refractivity contribution in [3.63, 3.8) is 0 Å². The smallest absolute Gasteiger partial charge is 0.321 e. The Labute approximate surface area is 115 Å². The molecule has 5 heteroatoms. The number of hydrogen-bond acceptors (Lipinski definition) is 2. The molecular formula is C13H13Cl2NO2. The molecule has 0 spiro atoms. The lowest BCUT2D eigenvalue weighted by Gasteiger charge is -2.72. The lowest BCUT2D eigenvalue weighted by atomic mass is 9.31. The molecule has 1 aromatic carbocycles. The van der Waals surface area contributed by atoms with E-state index in [0.29, 0.717) is 10.0 Å². The molecular weight excluding hydrogens is 273 g/mol. The van der Waals surface area contributed by atoms with Crippen LogP contribution in [0.15, 0.2) is 18.2 Å². The summed E-state index contributed by atoms with van der Waals surface area (Å²) in [4.78, 5) is 11.0. The van der Waals surface area contributed by atoms with E-state index in [-0.39, 0.29) is 10.8 Å². The van der Waals surface area contributed by atoms with Crippen LogP contribution in [0.25, 0.3) is 0 Å². The second-order valence-electron chi connectivity index (χ2n) is 5.59. The van der Waals surface area contributed by atoms with Gasteiger partial charge in [-0.3, -0.25) is 4.79 Å². The lowest BCUT2D eigenvalue weighted by molar-refractivity contribution is -0.178. The van der Waals surface area contributed by atoms with E-state index >= 15 is 0 Å². The van der Waals surface area contributed by atoms with Gasteiger partial charge < -0.3 is 10.8 Å². The number of nitrogens with two attached hydrogens (primary N) is 1. The minimum Gasteiger partial charge on any atom is -0.480 e. The fourth-order valence-corrected chi connectivity index (χ4v) is 4.53. The van der Waals surface area contributed by atoms with Crippen molar-refractivity contribution in [3.8, 4) is 0 Å². The van der Waals surface area contributed by atoms with Crippen LogP contribution in [0.3, 0.4) is 0 Å². The Kier molecular flexibility index (Phi) is 2.47. The van der Waals surface area contributed by atoms with Gasteiger partial charge in [0.1, 0.15) is 6.04 Å². The Morgan fingerprint density at radius 1 is 1.28 bits per heavy atom. The molecule has 18 heavy (non-hydrogen) atoms. The summed E-state index contributed by atoms with van der Waals surface area (Å²) < 4.78 is 0. The highest BCUT2D eigenvalue weighted by molar-refractivity contribution is 6.36. The van der Waals surface area contributed by atoms with Crippen LogP contribution in [0.1, 0.15) is 24.8 Å². The van der Waals surface area contributed by atoms with Gasteiger partial charge in [-0.25, -0.2) is 0 Å². The van der Waals surface area contributed by atoms with E-state index in [4.69, 9.17) is 34.0 Å². The number of carbonyl (C=O) groups is 1. The van der Waals surface area contributed by atoms with Gasteiger partial charge in [0.25, 0.3) is 0 Å². The average Bonchev–Trinajstić information content (AvgIpc) is 2.17. The first-order valence-electron chi connectivity index (χ1n) is 5.83. The highest BCUT2D eigenvalue weighted by Crippen LogP contribution is 2.75. The van der Waals surface area contributed by atoms with Crippen molar-refractivity contribution in [1.82, 2.24) is 0 Å². The molecule has 3 aliphatic rings. The van der Waals surface area contributed by atoms with Crippen LogP contribution in [0, 0.1) is 5.41 Å². The first-order chi connectivity index (χ1) is 8.40. The minimum atomic E-state index is -0.923. The zero-order chi connectivity index (χ0) is 13.1. The fraction of sp³-hybridized carbons (Fsp3) is 0.462. The maximum atomic E-state index is 11.0. The summed E-state index contributed by atoms with van der Waals surface area (Å²) in [5, 5.41) is 10.3. The molecule has 1 unspecified atom stereocenters. The van der Waals surface area contributed by atoms with Crippen LogP contribution < -0.4 is 5.73 Å². The van der Waals surface area contributed by atoms with Gasteiger partial charge in [-0.2, -0.15) is 0 Å². The number of benzene rings is 1. The second-order valence-corrected chi connectivity index (χ2v) is 6.40. The van der Waals surface area contributed by atoms with E-state index in [1.165, 1.54) is 0 Å². The summed E-state index contributed by atoms with van der Waals surface area (Å²) in [7, 11) is 0. The van der Waals surface area contributed by atoms with E-state index in [2.05, 4.69) is 0 Å². The highest BCUT2D eigenvalue weighted by Gasteiger charge is 2.72. The van der Waals surface area contributed by atoms with Crippen molar-refractivity contribution in [3.05, 3.63) is 33.8 Å². The summed E-state index contributed by atoms with van der Waals surface area (Å²) in [6, 6.07) is 4.69. The molecule has 3 aliphatic carbocycles. The molecule has 0 amide bonds. The molecule has 0 heterocycles. The lowest BCUT2D eigenvalue weighted by Crippen LogP contribution is -2.72. The van der Waals surface area contributed by atoms with Crippen molar-refractivity contribution in [2.24, 2.45) is 11.1 Å². The molecule has 0 aliphatic heterocycles. The number of rotatable bonds is 3. The van der Waals surface area contributed by atoms with Crippen molar-refractivity contribution < 1.29 is 9.90 Å². The predicted molar refractivity (Wildman–Crippen MR) is 70.0 cm³/mol. The van der Waals surface area contributed by atoms with Crippen LogP contribution >= 0.6 is 23.2 Å². The van der Waals surface area contributed by atoms with Crippen LogP contribution in [0.5, 0.6) is 0 Å². The van der Waals surface area contributed by atoms with E-state index < -0.39 is 12.0 Å². The van der Waals surface area contributed by atoms with Gasteiger partial charge in [0.2, 0.25) is 0 Å². The minimum absolute atomic E-state index is 0.0392. The summed E-state index contributed by atoms with van der Waals surface area (Å²) in [5.41, 5.74) is 6.43. The van der Waals surface area contributed by atoms with Gasteiger partial charge in [-0.15, -0.1) is 0 Å². The van der Waals surface area contributed by atoms with Crippen LogP contribution in [-0.2, 0) is 10.2 Å². The molecule has 1 aromatic rings. The first-order valence-corrected chi connectivity index (χ1v) is 6.59. The Morgan fingerprint density at radius 3 is 2.22 bits per heavy atom. The standard InChI is InChI=1S/C13H13Cl2NO2/c14-7-2-1-3-8(15)9(7)12-4-13(5-12,6-12)10(16)11(17)18/h1-3,10H,4-6,16H2,(H,17,18). The van der Waals surface area contributed by atoms with Crippen LogP contribution in [0.4, 0.5) is 0 Å². The molecule has 4 rings (SSSR count). The van der Waals surface area contributed by atoms with Gasteiger partial charge in [0.15, 0.2) is 0 Å². The normalized spacial score (nSPS) is 34.4. The quantitative estimate of drug-likeness (QED) is 0.898. The molecule has 3 N–H and O–H groups in total. The second kappa shape index (κ2) is 3.62. The van der Waals surface area contributed by atoms with Gasteiger partial charge in [-0.1, -0.05) is 29.3 Å². The molecule has 3 nitrogen and oxygen atoms in total. The molecule has 1 atom stereocenters. The van der Waals surface area contributed by atoms with Crippen molar-refractivity contribution >= 4 is 29.2 Å². The molecule has 0 aromatic heterocycles. The summed E-state index contributed by atoms with van der Waals surface area (Å²) >= 11 is 12.4. The monoisotopic (exact) mass is 285 g/mol. The number of carboxylic acids is 1. The topological polar surface area (TPSA) is 63.3 Å². The summed E-state index contributed by atoms with van der Waals surface area (Å²) in [6.45, 7) is 0. The summed E-state index contributed by atoms with van der Waals surface area (Å²) in [6.07, 6.45) is 2.32. The maximum Gasteiger partial charge on any atom is 0.321 e. The largest absolute Gasteiger partial charge is 0.480 e. The predicted octanol–water partition coefficient (Wildman–Crippen LogP) is 2.83. The molecule has 2 bridgehead atoms. The number of halogens is 2. The number of aliphatic carboxylic acids is 1. The van der Waals surface area contributed by atoms with Crippen molar-refractivity contribution in [2.45, 2.75) is 30.7 Å². The van der Waals surface area contributed by atoms with Gasteiger partial charge in [-0.05, 0) is 42.4 Å². The van der Waals surface area contributed by atoms with Crippen LogP contribution in [-0.4, -0.2) is 17.1 Å². The third kappa shape index (κ3) is 1.38.